The zero-order chi connectivity index (χ0) is 14.4. The van der Waals surface area contributed by atoms with Crippen LogP contribution in [-0.4, -0.2) is 23.1 Å². The minimum atomic E-state index is -1.08. The number of carboxylic acids is 1. The molecule has 6 heteroatoms. The Labute approximate surface area is 116 Å². The fraction of sp³-hybridized carbons (Fsp3) is 0.231. The number of hydrogen-bond acceptors (Lipinski definition) is 2. The molecule has 0 aliphatic heterocycles. The van der Waals surface area contributed by atoms with Crippen molar-refractivity contribution in [3.8, 4) is 12.3 Å². The van der Waals surface area contributed by atoms with E-state index >= 15 is 0 Å². The van der Waals surface area contributed by atoms with E-state index in [2.05, 4.69) is 16.6 Å². The smallest absolute Gasteiger partial charge is 0.335 e. The average Bonchev–Trinajstić information content (AvgIpc) is 2.31. The molecule has 100 valence electrons. The minimum absolute atomic E-state index is 0.0525. The highest BCUT2D eigenvalue weighted by Crippen LogP contribution is 2.23. The molecule has 2 amide bonds. The van der Waals surface area contributed by atoms with Crippen LogP contribution in [-0.2, 0) is 0 Å². The first-order valence-corrected chi connectivity index (χ1v) is 5.85. The third-order valence-corrected chi connectivity index (χ3v) is 2.58. The largest absolute Gasteiger partial charge is 0.478 e. The van der Waals surface area contributed by atoms with E-state index < -0.39 is 12.0 Å². The normalized spacial score (nSPS) is 11.2. The van der Waals surface area contributed by atoms with Gasteiger partial charge in [0.25, 0.3) is 0 Å². The SMILES string of the molecule is C#CCC(C)NC(=O)Nc1ccc(C(=O)O)cc1Cl. The molecule has 0 aromatic heterocycles. The van der Waals surface area contributed by atoms with Crippen LogP contribution in [0.3, 0.4) is 0 Å². The van der Waals surface area contributed by atoms with Gasteiger partial charge >= 0.3 is 12.0 Å². The number of aromatic carboxylic acids is 1. The highest BCUT2D eigenvalue weighted by atomic mass is 35.5. The molecule has 0 bridgehead atoms. The van der Waals surface area contributed by atoms with Crippen LogP contribution in [0.25, 0.3) is 0 Å². The second-order valence-corrected chi connectivity index (χ2v) is 4.31. The van der Waals surface area contributed by atoms with E-state index in [1.54, 1.807) is 6.92 Å². The number of hydrogen-bond donors (Lipinski definition) is 3. The Balaban J connectivity index is 2.70. The van der Waals surface area contributed by atoms with Crippen LogP contribution < -0.4 is 10.6 Å². The molecule has 0 fully saturated rings. The molecule has 1 rings (SSSR count). The van der Waals surface area contributed by atoms with E-state index in [4.69, 9.17) is 23.1 Å². The van der Waals surface area contributed by atoms with Gasteiger partial charge in [0, 0.05) is 12.5 Å². The van der Waals surface area contributed by atoms with Crippen LogP contribution in [0.5, 0.6) is 0 Å². The van der Waals surface area contributed by atoms with Crippen LogP contribution >= 0.6 is 11.6 Å². The van der Waals surface area contributed by atoms with Crippen molar-refractivity contribution in [2.75, 3.05) is 5.32 Å². The molecular weight excluding hydrogens is 268 g/mol. The minimum Gasteiger partial charge on any atom is -0.478 e. The number of benzene rings is 1. The Kier molecular flexibility index (Phi) is 5.22. The van der Waals surface area contributed by atoms with Crippen molar-refractivity contribution in [3.05, 3.63) is 28.8 Å². The molecule has 0 spiro atoms. The molecule has 0 aliphatic carbocycles. The first-order chi connectivity index (χ1) is 8.93. The summed E-state index contributed by atoms with van der Waals surface area (Å²) in [6, 6.07) is 3.44. The predicted molar refractivity (Wildman–Crippen MR) is 73.5 cm³/mol. The lowest BCUT2D eigenvalue weighted by Crippen LogP contribution is -2.35. The van der Waals surface area contributed by atoms with Gasteiger partial charge in [-0.3, -0.25) is 0 Å². The number of nitrogens with one attached hydrogen (secondary N) is 2. The maximum atomic E-state index is 11.6. The van der Waals surface area contributed by atoms with Crippen LogP contribution in [0, 0.1) is 12.3 Å². The molecule has 5 nitrogen and oxygen atoms in total. The van der Waals surface area contributed by atoms with Crippen LogP contribution in [0.1, 0.15) is 23.7 Å². The van der Waals surface area contributed by atoms with E-state index in [1.165, 1.54) is 18.2 Å². The molecule has 1 aromatic rings. The van der Waals surface area contributed by atoms with E-state index in [1.807, 2.05) is 0 Å². The fourth-order valence-electron chi connectivity index (χ4n) is 1.36. The van der Waals surface area contributed by atoms with Crippen molar-refractivity contribution in [1.29, 1.82) is 0 Å². The number of carboxylic acid groups (broad SMARTS) is 1. The van der Waals surface area contributed by atoms with Crippen LogP contribution in [0.4, 0.5) is 10.5 Å². The highest BCUT2D eigenvalue weighted by Gasteiger charge is 2.10. The van der Waals surface area contributed by atoms with E-state index in [9.17, 15) is 9.59 Å². The monoisotopic (exact) mass is 280 g/mol. The van der Waals surface area contributed by atoms with Gasteiger partial charge in [-0.1, -0.05) is 11.6 Å². The summed E-state index contributed by atoms with van der Waals surface area (Å²) in [5.41, 5.74) is 0.383. The van der Waals surface area contributed by atoms with Gasteiger partial charge in [0.05, 0.1) is 16.3 Å². The molecule has 0 heterocycles. The lowest BCUT2D eigenvalue weighted by Gasteiger charge is -2.13. The van der Waals surface area contributed by atoms with Crippen molar-refractivity contribution < 1.29 is 14.7 Å². The van der Waals surface area contributed by atoms with Gasteiger partial charge in [-0.15, -0.1) is 12.3 Å². The molecule has 1 unspecified atom stereocenters. The number of anilines is 1. The number of rotatable bonds is 4. The van der Waals surface area contributed by atoms with E-state index in [-0.39, 0.29) is 16.6 Å². The summed E-state index contributed by atoms with van der Waals surface area (Å²) in [5.74, 6) is 1.35. The molecule has 0 saturated carbocycles. The molecule has 1 atom stereocenters. The van der Waals surface area contributed by atoms with Crippen molar-refractivity contribution in [3.63, 3.8) is 0 Å². The first-order valence-electron chi connectivity index (χ1n) is 5.48. The van der Waals surface area contributed by atoms with Crippen LogP contribution in [0.2, 0.25) is 5.02 Å². The second kappa shape index (κ2) is 6.66. The summed E-state index contributed by atoms with van der Waals surface area (Å²) < 4.78 is 0. The Hall–Kier alpha value is -2.19. The maximum absolute atomic E-state index is 11.6. The molecule has 0 radical (unpaired) electrons. The Morgan fingerprint density at radius 3 is 2.74 bits per heavy atom. The van der Waals surface area contributed by atoms with Gasteiger partial charge in [0.15, 0.2) is 0 Å². The van der Waals surface area contributed by atoms with Crippen molar-refractivity contribution in [1.82, 2.24) is 5.32 Å². The van der Waals surface area contributed by atoms with E-state index in [0.717, 1.165) is 0 Å². The van der Waals surface area contributed by atoms with E-state index in [0.29, 0.717) is 12.1 Å². The molecule has 1 aromatic carbocycles. The third-order valence-electron chi connectivity index (χ3n) is 2.27. The zero-order valence-electron chi connectivity index (χ0n) is 10.2. The number of terminal acetylenes is 1. The molecule has 3 N–H and O–H groups in total. The summed E-state index contributed by atoms with van der Waals surface area (Å²) >= 11 is 5.88. The standard InChI is InChI=1S/C13H13ClN2O3/c1-3-4-8(2)15-13(19)16-11-6-5-9(12(17)18)7-10(11)14/h1,5-8H,4H2,2H3,(H,17,18)(H2,15,16,19). The maximum Gasteiger partial charge on any atom is 0.335 e. The first kappa shape index (κ1) is 14.9. The quantitative estimate of drug-likeness (QED) is 0.742. The average molecular weight is 281 g/mol. The Morgan fingerprint density at radius 1 is 1.53 bits per heavy atom. The number of halogens is 1. The van der Waals surface area contributed by atoms with Crippen molar-refractivity contribution >= 4 is 29.3 Å². The van der Waals surface area contributed by atoms with Gasteiger partial charge in [-0.25, -0.2) is 9.59 Å². The van der Waals surface area contributed by atoms with Crippen LogP contribution in [0.15, 0.2) is 18.2 Å². The molecule has 19 heavy (non-hydrogen) atoms. The fourth-order valence-corrected chi connectivity index (χ4v) is 1.59. The van der Waals surface area contributed by atoms with Gasteiger partial charge < -0.3 is 15.7 Å². The van der Waals surface area contributed by atoms with Gasteiger partial charge in [0.2, 0.25) is 0 Å². The Bertz CT molecular complexity index is 537. The van der Waals surface area contributed by atoms with Crippen molar-refractivity contribution in [2.24, 2.45) is 0 Å². The summed E-state index contributed by atoms with van der Waals surface area (Å²) in [5, 5.41) is 14.1. The lowest BCUT2D eigenvalue weighted by atomic mass is 10.2. The summed E-state index contributed by atoms with van der Waals surface area (Å²) in [6.45, 7) is 1.77. The number of amides is 2. The van der Waals surface area contributed by atoms with Crippen molar-refractivity contribution in [2.45, 2.75) is 19.4 Å². The van der Waals surface area contributed by atoms with Gasteiger partial charge in [-0.2, -0.15) is 0 Å². The number of urea groups is 1. The Morgan fingerprint density at radius 2 is 2.21 bits per heavy atom. The van der Waals surface area contributed by atoms with Gasteiger partial charge in [0.1, 0.15) is 0 Å². The topological polar surface area (TPSA) is 78.4 Å². The summed E-state index contributed by atoms with van der Waals surface area (Å²) in [4.78, 5) is 22.3. The number of carbonyl (C=O) groups excluding carboxylic acids is 1. The molecular formula is C13H13ClN2O3. The summed E-state index contributed by atoms with van der Waals surface area (Å²) in [7, 11) is 0. The zero-order valence-corrected chi connectivity index (χ0v) is 11.0. The third kappa shape index (κ3) is 4.53. The lowest BCUT2D eigenvalue weighted by molar-refractivity contribution is 0.0697. The molecule has 0 saturated heterocycles. The summed E-state index contributed by atoms with van der Waals surface area (Å²) in [6.07, 6.45) is 5.54. The second-order valence-electron chi connectivity index (χ2n) is 3.91. The van der Waals surface area contributed by atoms with Gasteiger partial charge in [-0.05, 0) is 25.1 Å². The number of carbonyl (C=O) groups is 2. The predicted octanol–water partition coefficient (Wildman–Crippen LogP) is 2.57. The molecule has 0 aliphatic rings. The highest BCUT2D eigenvalue weighted by molar-refractivity contribution is 6.34.